The van der Waals surface area contributed by atoms with Gasteiger partial charge in [0, 0.05) is 48.0 Å². The number of carboxylic acids is 1. The standard InChI is InChI=1S/C19H19FN4O5/c1-28-4-5-29-17-8-14(22)11(6-12(17)20)18(23)16(25)7-13(21)10-2-3-15(19(26)27)24-9-10/h2-3,6-9,23H,4-5,21-22H2,1H3,(H,26,27). The van der Waals surface area contributed by atoms with Gasteiger partial charge in [-0.15, -0.1) is 0 Å². The third-order valence-corrected chi connectivity index (χ3v) is 3.77. The molecule has 0 radical (unpaired) electrons. The number of hydrogen-bond donors (Lipinski definition) is 4. The zero-order valence-corrected chi connectivity index (χ0v) is 15.4. The van der Waals surface area contributed by atoms with E-state index in [0.717, 1.165) is 12.1 Å². The largest absolute Gasteiger partial charge is 0.488 e. The number of nitrogens with zero attached hydrogens (tertiary/aromatic N) is 1. The van der Waals surface area contributed by atoms with E-state index in [-0.39, 0.29) is 47.2 Å². The Bertz CT molecular complexity index is 973. The highest BCUT2D eigenvalue weighted by Gasteiger charge is 2.18. The highest BCUT2D eigenvalue weighted by molar-refractivity contribution is 6.50. The number of carboxylic acid groups (broad SMARTS) is 1. The van der Waals surface area contributed by atoms with Crippen molar-refractivity contribution in [1.29, 1.82) is 5.41 Å². The number of halogens is 1. The zero-order chi connectivity index (χ0) is 21.6. The molecule has 2 aromatic rings. The molecule has 0 saturated heterocycles. The number of carbonyl (C=O) groups is 2. The highest BCUT2D eigenvalue weighted by Crippen LogP contribution is 2.25. The summed E-state index contributed by atoms with van der Waals surface area (Å²) in [5.74, 6) is -2.93. The third kappa shape index (κ3) is 5.36. The third-order valence-electron chi connectivity index (χ3n) is 3.77. The Morgan fingerprint density at radius 1 is 1.31 bits per heavy atom. The first-order valence-electron chi connectivity index (χ1n) is 8.25. The molecule has 0 spiro atoms. The summed E-state index contributed by atoms with van der Waals surface area (Å²) in [5, 5.41) is 16.8. The molecule has 0 unspecified atom stereocenters. The number of carbonyl (C=O) groups excluding carboxylic acids is 1. The number of nitrogen functional groups attached to an aromatic ring is 1. The van der Waals surface area contributed by atoms with Crippen LogP contribution in [0.4, 0.5) is 10.1 Å². The topological polar surface area (TPSA) is 162 Å². The second-order valence-corrected chi connectivity index (χ2v) is 5.79. The molecule has 0 bridgehead atoms. The fraction of sp³-hybridized carbons (Fsp3) is 0.158. The number of rotatable bonds is 9. The number of aromatic nitrogens is 1. The Morgan fingerprint density at radius 2 is 2.03 bits per heavy atom. The number of pyridine rings is 1. The lowest BCUT2D eigenvalue weighted by atomic mass is 10.0. The van der Waals surface area contributed by atoms with Crippen LogP contribution in [0.15, 0.2) is 36.5 Å². The van der Waals surface area contributed by atoms with E-state index in [9.17, 15) is 14.0 Å². The molecule has 0 fully saturated rings. The molecule has 0 amide bonds. The Morgan fingerprint density at radius 3 is 2.62 bits per heavy atom. The van der Waals surface area contributed by atoms with Crippen molar-refractivity contribution in [3.63, 3.8) is 0 Å². The van der Waals surface area contributed by atoms with Crippen LogP contribution < -0.4 is 16.2 Å². The van der Waals surface area contributed by atoms with E-state index in [1.807, 2.05) is 0 Å². The summed E-state index contributed by atoms with van der Waals surface area (Å²) in [6, 6.07) is 4.72. The molecule has 0 atom stereocenters. The number of nitrogens with one attached hydrogen (secondary N) is 1. The number of nitrogens with two attached hydrogens (primary N) is 2. The number of ether oxygens (including phenoxy) is 2. The molecule has 2 rings (SSSR count). The van der Waals surface area contributed by atoms with Gasteiger partial charge in [-0.1, -0.05) is 0 Å². The average Bonchev–Trinajstić information content (AvgIpc) is 2.69. The fourth-order valence-corrected chi connectivity index (χ4v) is 2.25. The first-order chi connectivity index (χ1) is 13.7. The van der Waals surface area contributed by atoms with Crippen molar-refractivity contribution in [3.05, 3.63) is 59.2 Å². The maximum atomic E-state index is 14.2. The normalized spacial score (nSPS) is 11.2. The molecule has 1 heterocycles. The van der Waals surface area contributed by atoms with Crippen LogP contribution in [0.5, 0.6) is 5.75 Å². The first kappa shape index (κ1) is 21.5. The van der Waals surface area contributed by atoms with E-state index in [1.54, 1.807) is 0 Å². The van der Waals surface area contributed by atoms with E-state index >= 15 is 0 Å². The van der Waals surface area contributed by atoms with E-state index in [0.29, 0.717) is 0 Å². The summed E-state index contributed by atoms with van der Waals surface area (Å²) in [5.41, 5.74) is 11.0. The van der Waals surface area contributed by atoms with Crippen molar-refractivity contribution in [1.82, 2.24) is 4.98 Å². The second-order valence-electron chi connectivity index (χ2n) is 5.79. The van der Waals surface area contributed by atoms with Gasteiger partial charge in [0.05, 0.1) is 6.61 Å². The molecule has 1 aromatic carbocycles. The predicted molar refractivity (Wildman–Crippen MR) is 103 cm³/mol. The van der Waals surface area contributed by atoms with E-state index in [1.165, 1.54) is 31.5 Å². The van der Waals surface area contributed by atoms with Gasteiger partial charge in [0.2, 0.25) is 5.78 Å². The van der Waals surface area contributed by atoms with E-state index < -0.39 is 23.3 Å². The minimum Gasteiger partial charge on any atom is -0.488 e. The Balaban J connectivity index is 2.20. The molecule has 0 aliphatic heterocycles. The lowest BCUT2D eigenvalue weighted by Gasteiger charge is -2.11. The summed E-state index contributed by atoms with van der Waals surface area (Å²) < 4.78 is 24.2. The summed E-state index contributed by atoms with van der Waals surface area (Å²) in [7, 11) is 1.47. The SMILES string of the molecule is COCCOc1cc(N)c(C(=N)C(=O)C=C(N)c2ccc(C(=O)O)nc2)cc1F. The van der Waals surface area contributed by atoms with Gasteiger partial charge in [0.1, 0.15) is 18.0 Å². The van der Waals surface area contributed by atoms with Gasteiger partial charge in [0.15, 0.2) is 11.6 Å². The Hall–Kier alpha value is -3.79. The van der Waals surface area contributed by atoms with Gasteiger partial charge in [-0.05, 0) is 18.2 Å². The van der Waals surface area contributed by atoms with Gasteiger partial charge in [0.25, 0.3) is 0 Å². The van der Waals surface area contributed by atoms with E-state index in [2.05, 4.69) is 4.98 Å². The van der Waals surface area contributed by atoms with E-state index in [4.69, 9.17) is 31.5 Å². The Kier molecular flexibility index (Phi) is 6.99. The monoisotopic (exact) mass is 402 g/mol. The van der Waals surface area contributed by atoms with Gasteiger partial charge in [-0.25, -0.2) is 14.2 Å². The predicted octanol–water partition coefficient (Wildman–Crippen LogP) is 1.46. The number of hydrogen-bond acceptors (Lipinski definition) is 8. The number of methoxy groups -OCH3 is 1. The summed E-state index contributed by atoms with van der Waals surface area (Å²) in [6.45, 7) is 0.359. The lowest BCUT2D eigenvalue weighted by Crippen LogP contribution is -2.16. The number of allylic oxidation sites excluding steroid dienone is 1. The van der Waals surface area contributed by atoms with Crippen LogP contribution in [0.1, 0.15) is 21.6 Å². The number of aromatic carboxylic acids is 1. The minimum atomic E-state index is -1.20. The highest BCUT2D eigenvalue weighted by atomic mass is 19.1. The number of benzene rings is 1. The molecular formula is C19H19FN4O5. The summed E-state index contributed by atoms with van der Waals surface area (Å²) in [4.78, 5) is 26.9. The second kappa shape index (κ2) is 9.42. The average molecular weight is 402 g/mol. The van der Waals surface area contributed by atoms with Gasteiger partial charge in [-0.3, -0.25) is 10.2 Å². The number of ketones is 1. The van der Waals surface area contributed by atoms with Crippen LogP contribution in [-0.2, 0) is 9.53 Å². The van der Waals surface area contributed by atoms with Crippen molar-refractivity contribution in [2.24, 2.45) is 5.73 Å². The molecule has 29 heavy (non-hydrogen) atoms. The Labute approximate surface area is 165 Å². The van der Waals surface area contributed by atoms with Crippen molar-refractivity contribution >= 4 is 28.8 Å². The molecule has 10 heteroatoms. The molecule has 0 saturated carbocycles. The van der Waals surface area contributed by atoms with Crippen molar-refractivity contribution in [3.8, 4) is 5.75 Å². The van der Waals surface area contributed by atoms with Crippen LogP contribution in [0.25, 0.3) is 5.70 Å². The van der Waals surface area contributed by atoms with Crippen LogP contribution in [0, 0.1) is 11.2 Å². The maximum Gasteiger partial charge on any atom is 0.354 e. The maximum absolute atomic E-state index is 14.2. The zero-order valence-electron chi connectivity index (χ0n) is 15.4. The summed E-state index contributed by atoms with van der Waals surface area (Å²) in [6.07, 6.45) is 2.15. The smallest absolute Gasteiger partial charge is 0.354 e. The van der Waals surface area contributed by atoms with Gasteiger partial charge < -0.3 is 26.0 Å². The van der Waals surface area contributed by atoms with Crippen LogP contribution >= 0.6 is 0 Å². The van der Waals surface area contributed by atoms with Crippen LogP contribution in [0.2, 0.25) is 0 Å². The van der Waals surface area contributed by atoms with Crippen LogP contribution in [-0.4, -0.2) is 47.9 Å². The molecule has 1 aromatic heterocycles. The minimum absolute atomic E-state index is 0.0170. The number of anilines is 1. The molecule has 0 aliphatic carbocycles. The molecule has 9 nitrogen and oxygen atoms in total. The summed E-state index contributed by atoms with van der Waals surface area (Å²) >= 11 is 0. The lowest BCUT2D eigenvalue weighted by molar-refractivity contribution is -0.108. The van der Waals surface area contributed by atoms with Gasteiger partial charge in [-0.2, -0.15) is 0 Å². The fourth-order valence-electron chi connectivity index (χ4n) is 2.25. The van der Waals surface area contributed by atoms with Gasteiger partial charge >= 0.3 is 5.97 Å². The molecule has 152 valence electrons. The first-order valence-corrected chi connectivity index (χ1v) is 8.25. The van der Waals surface area contributed by atoms with Crippen molar-refractivity contribution in [2.45, 2.75) is 0 Å². The van der Waals surface area contributed by atoms with Crippen molar-refractivity contribution in [2.75, 3.05) is 26.1 Å². The molecule has 6 N–H and O–H groups in total. The molecular weight excluding hydrogens is 383 g/mol. The quantitative estimate of drug-likeness (QED) is 0.212. The van der Waals surface area contributed by atoms with Crippen LogP contribution in [0.3, 0.4) is 0 Å². The van der Waals surface area contributed by atoms with Crippen molar-refractivity contribution < 1.29 is 28.6 Å². The molecule has 0 aliphatic rings.